The Balaban J connectivity index is 1.55. The molecule has 0 saturated heterocycles. The molecule has 0 saturated carbocycles. The highest BCUT2D eigenvalue weighted by Crippen LogP contribution is 2.33. The Kier molecular flexibility index (Phi) is 2.95. The van der Waals surface area contributed by atoms with Gasteiger partial charge in [0.2, 0.25) is 0 Å². The van der Waals surface area contributed by atoms with Gasteiger partial charge in [0.15, 0.2) is 5.82 Å². The Morgan fingerprint density at radius 2 is 2.00 bits per heavy atom. The Labute approximate surface area is 140 Å². The lowest BCUT2D eigenvalue weighted by atomic mass is 10.1. The molecule has 5 rings (SSSR count). The number of aromatic nitrogens is 3. The molecule has 4 heteroatoms. The number of allylic oxidation sites excluding steroid dienone is 1. The van der Waals surface area contributed by atoms with Crippen LogP contribution in [0.5, 0.6) is 0 Å². The zero-order valence-corrected chi connectivity index (χ0v) is 13.2. The zero-order chi connectivity index (χ0) is 15.9. The van der Waals surface area contributed by atoms with Gasteiger partial charge in [-0.2, -0.15) is 0 Å². The van der Waals surface area contributed by atoms with Gasteiger partial charge in [0.25, 0.3) is 0 Å². The van der Waals surface area contributed by atoms with E-state index in [1.54, 1.807) is 0 Å². The van der Waals surface area contributed by atoms with Crippen molar-refractivity contribution in [2.24, 2.45) is 0 Å². The minimum absolute atomic E-state index is 0.868. The summed E-state index contributed by atoms with van der Waals surface area (Å²) in [6.45, 7) is 0.947. The van der Waals surface area contributed by atoms with Gasteiger partial charge < -0.3 is 4.90 Å². The van der Waals surface area contributed by atoms with E-state index in [1.165, 1.54) is 16.8 Å². The van der Waals surface area contributed by atoms with Crippen molar-refractivity contribution in [2.75, 3.05) is 11.4 Å². The Bertz CT molecular complexity index is 961. The topological polar surface area (TPSA) is 41.9 Å². The van der Waals surface area contributed by atoms with Crippen LogP contribution in [-0.2, 0) is 12.8 Å². The van der Waals surface area contributed by atoms with Crippen molar-refractivity contribution in [1.82, 2.24) is 15.0 Å². The van der Waals surface area contributed by atoms with Gasteiger partial charge in [0, 0.05) is 30.4 Å². The van der Waals surface area contributed by atoms with Crippen molar-refractivity contribution >= 4 is 17.6 Å². The number of anilines is 2. The van der Waals surface area contributed by atoms with E-state index in [1.807, 2.05) is 18.6 Å². The third-order valence-electron chi connectivity index (χ3n) is 4.69. The van der Waals surface area contributed by atoms with E-state index in [4.69, 9.17) is 4.98 Å². The van der Waals surface area contributed by atoms with Crippen molar-refractivity contribution in [2.45, 2.75) is 12.8 Å². The molecule has 3 heterocycles. The van der Waals surface area contributed by atoms with Crippen molar-refractivity contribution < 1.29 is 0 Å². The Hall–Kier alpha value is -3.01. The van der Waals surface area contributed by atoms with Crippen LogP contribution >= 0.6 is 0 Å². The van der Waals surface area contributed by atoms with E-state index >= 15 is 0 Å². The van der Waals surface area contributed by atoms with Gasteiger partial charge in [-0.25, -0.2) is 4.98 Å². The average Bonchev–Trinajstić information content (AvgIpc) is 3.28. The lowest BCUT2D eigenvalue weighted by Crippen LogP contribution is -2.15. The summed E-state index contributed by atoms with van der Waals surface area (Å²) < 4.78 is 0. The first-order valence-electron chi connectivity index (χ1n) is 8.22. The molecule has 0 radical (unpaired) electrons. The summed E-state index contributed by atoms with van der Waals surface area (Å²) in [6, 6.07) is 10.7. The van der Waals surface area contributed by atoms with Gasteiger partial charge in [0.1, 0.15) is 0 Å². The summed E-state index contributed by atoms with van der Waals surface area (Å²) >= 11 is 0. The number of para-hydroxylation sites is 1. The molecule has 3 aromatic rings. The lowest BCUT2D eigenvalue weighted by molar-refractivity contribution is 0.965. The van der Waals surface area contributed by atoms with Gasteiger partial charge in [-0.05, 0) is 29.7 Å². The second-order valence-corrected chi connectivity index (χ2v) is 6.16. The van der Waals surface area contributed by atoms with E-state index < -0.39 is 0 Å². The molecule has 0 unspecified atom stereocenters. The van der Waals surface area contributed by atoms with E-state index in [2.05, 4.69) is 57.4 Å². The summed E-state index contributed by atoms with van der Waals surface area (Å²) in [7, 11) is 0. The fourth-order valence-electron chi connectivity index (χ4n) is 3.46. The predicted octanol–water partition coefficient (Wildman–Crippen LogP) is 3.80. The predicted molar refractivity (Wildman–Crippen MR) is 95.2 cm³/mol. The molecule has 116 valence electrons. The average molecular weight is 312 g/mol. The van der Waals surface area contributed by atoms with Crippen molar-refractivity contribution in [1.29, 1.82) is 0 Å². The monoisotopic (exact) mass is 312 g/mol. The molecule has 0 fully saturated rings. The first kappa shape index (κ1) is 13.4. The number of hydrogen-bond donors (Lipinski definition) is 0. The largest absolute Gasteiger partial charge is 0.324 e. The molecule has 2 aliphatic rings. The van der Waals surface area contributed by atoms with E-state index in [0.717, 1.165) is 42.2 Å². The maximum atomic E-state index is 4.85. The highest BCUT2D eigenvalue weighted by atomic mass is 15.2. The molecule has 0 atom stereocenters. The molecule has 1 aliphatic carbocycles. The number of fused-ring (bicyclic) bond motifs is 2. The van der Waals surface area contributed by atoms with Crippen LogP contribution < -0.4 is 4.90 Å². The maximum absolute atomic E-state index is 4.85. The Morgan fingerprint density at radius 1 is 1.04 bits per heavy atom. The fraction of sp³-hybridized carbons (Fsp3) is 0.150. The number of hydrogen-bond acceptors (Lipinski definition) is 4. The first-order valence-corrected chi connectivity index (χ1v) is 8.22. The summed E-state index contributed by atoms with van der Waals surface area (Å²) in [5.74, 6) is 0.897. The highest BCUT2D eigenvalue weighted by Gasteiger charge is 2.21. The molecule has 24 heavy (non-hydrogen) atoms. The summed E-state index contributed by atoms with van der Waals surface area (Å²) in [5, 5.41) is 0. The number of nitrogens with zero attached hydrogens (tertiary/aromatic N) is 4. The van der Waals surface area contributed by atoms with Crippen molar-refractivity contribution in [3.05, 3.63) is 71.8 Å². The molecule has 0 amide bonds. The molecular weight excluding hydrogens is 296 g/mol. The van der Waals surface area contributed by atoms with E-state index in [9.17, 15) is 0 Å². The van der Waals surface area contributed by atoms with Crippen LogP contribution in [0.1, 0.15) is 16.8 Å². The van der Waals surface area contributed by atoms with Crippen LogP contribution in [-0.4, -0.2) is 21.5 Å². The minimum Gasteiger partial charge on any atom is -0.324 e. The van der Waals surface area contributed by atoms with Crippen LogP contribution in [0.3, 0.4) is 0 Å². The van der Waals surface area contributed by atoms with Crippen LogP contribution in [0.25, 0.3) is 17.3 Å². The summed E-state index contributed by atoms with van der Waals surface area (Å²) in [4.78, 5) is 16.1. The molecule has 1 aromatic carbocycles. The number of benzene rings is 1. The lowest BCUT2D eigenvalue weighted by Gasteiger charge is -2.18. The SMILES string of the molecule is C1=Cc2cc(-c3cncc(N4CCc5ccccc54)n3)cnc2C1. The normalized spacial score (nSPS) is 14.8. The number of rotatable bonds is 2. The zero-order valence-electron chi connectivity index (χ0n) is 13.2. The molecule has 0 N–H and O–H groups in total. The van der Waals surface area contributed by atoms with Crippen molar-refractivity contribution in [3.8, 4) is 11.3 Å². The summed E-state index contributed by atoms with van der Waals surface area (Å²) in [5.41, 5.74) is 6.81. The Morgan fingerprint density at radius 3 is 3.00 bits per heavy atom. The van der Waals surface area contributed by atoms with Gasteiger partial charge in [-0.15, -0.1) is 0 Å². The van der Waals surface area contributed by atoms with Crippen molar-refractivity contribution in [3.63, 3.8) is 0 Å². The standard InChI is InChI=1S/C20H16N4/c1-2-7-19-14(4-1)8-9-24(19)20-13-21-12-18(23-20)16-10-15-5-3-6-17(15)22-11-16/h1-5,7,10-13H,6,8-9H2. The van der Waals surface area contributed by atoms with Crippen LogP contribution in [0.15, 0.2) is 55.0 Å². The molecule has 4 nitrogen and oxygen atoms in total. The van der Waals surface area contributed by atoms with Crippen LogP contribution in [0.2, 0.25) is 0 Å². The van der Waals surface area contributed by atoms with Crippen LogP contribution in [0, 0.1) is 0 Å². The van der Waals surface area contributed by atoms with E-state index in [-0.39, 0.29) is 0 Å². The fourth-order valence-corrected chi connectivity index (χ4v) is 3.46. The molecular formula is C20H16N4. The second kappa shape index (κ2) is 5.27. The molecule has 2 aromatic heterocycles. The first-order chi connectivity index (χ1) is 11.9. The minimum atomic E-state index is 0.868. The van der Waals surface area contributed by atoms with Gasteiger partial charge in [-0.1, -0.05) is 30.4 Å². The second-order valence-electron chi connectivity index (χ2n) is 6.16. The highest BCUT2D eigenvalue weighted by molar-refractivity contribution is 5.70. The molecule has 1 aliphatic heterocycles. The van der Waals surface area contributed by atoms with Gasteiger partial charge in [0.05, 0.1) is 23.8 Å². The smallest absolute Gasteiger partial charge is 0.152 e. The summed E-state index contributed by atoms with van der Waals surface area (Å²) in [6.07, 6.45) is 11.8. The molecule has 0 bridgehead atoms. The number of pyridine rings is 1. The molecule has 0 spiro atoms. The third-order valence-corrected chi connectivity index (χ3v) is 4.69. The maximum Gasteiger partial charge on any atom is 0.152 e. The van der Waals surface area contributed by atoms with Crippen LogP contribution in [0.4, 0.5) is 11.5 Å². The van der Waals surface area contributed by atoms with Gasteiger partial charge in [-0.3, -0.25) is 9.97 Å². The van der Waals surface area contributed by atoms with Gasteiger partial charge >= 0.3 is 0 Å². The third kappa shape index (κ3) is 2.11. The van der Waals surface area contributed by atoms with E-state index in [0.29, 0.717) is 0 Å². The quantitative estimate of drug-likeness (QED) is 0.722.